The highest BCUT2D eigenvalue weighted by atomic mass is 35.5. The smallest absolute Gasteiger partial charge is 0.257 e. The van der Waals surface area contributed by atoms with E-state index >= 15 is 0 Å². The van der Waals surface area contributed by atoms with Gasteiger partial charge < -0.3 is 4.90 Å². The topological polar surface area (TPSA) is 39.2 Å². The molecule has 0 unspecified atom stereocenters. The van der Waals surface area contributed by atoms with Gasteiger partial charge in [-0.05, 0) is 66.4 Å². The lowest BCUT2D eigenvalue weighted by atomic mass is 9.96. The summed E-state index contributed by atoms with van der Waals surface area (Å²) >= 11 is 6.13. The summed E-state index contributed by atoms with van der Waals surface area (Å²) in [6.45, 7) is 7.18. The van der Waals surface area contributed by atoms with E-state index in [4.69, 9.17) is 16.7 Å². The van der Waals surface area contributed by atoms with Gasteiger partial charge in [0.15, 0.2) is 0 Å². The quantitative estimate of drug-likeness (QED) is 0.454. The van der Waals surface area contributed by atoms with Gasteiger partial charge in [0.25, 0.3) is 5.91 Å². The molecule has 1 atom stereocenters. The zero-order chi connectivity index (χ0) is 25.2. The van der Waals surface area contributed by atoms with E-state index in [1.165, 1.54) is 17.2 Å². The fourth-order valence-corrected chi connectivity index (χ4v) is 5.03. The molecule has 2 aliphatic rings. The van der Waals surface area contributed by atoms with Crippen LogP contribution in [0.25, 0.3) is 0 Å². The number of anilines is 1. The van der Waals surface area contributed by atoms with Crippen LogP contribution in [-0.2, 0) is 4.79 Å². The molecule has 0 aromatic heterocycles. The van der Waals surface area contributed by atoms with Crippen molar-refractivity contribution in [1.29, 1.82) is 0 Å². The molecule has 0 spiro atoms. The largest absolute Gasteiger partial charge is 0.367 e. The minimum Gasteiger partial charge on any atom is -0.367 e. The lowest BCUT2D eigenvalue weighted by Crippen LogP contribution is -2.49. The van der Waals surface area contributed by atoms with Crippen LogP contribution in [-0.4, -0.2) is 54.3 Å². The Morgan fingerprint density at radius 1 is 0.972 bits per heavy atom. The number of nitrogens with zero attached hydrogens (tertiary/aromatic N) is 4. The second-order valence-corrected chi connectivity index (χ2v) is 10.0. The molecular weight excluding hydrogens is 475 g/mol. The SMILES string of the molecule is Cc1ccc(C2=NN(C(=O)CN3CCN(c4ccccc4F)CC3)[C@@H](c3ccc(Cl)cc3)C2)cc1C. The van der Waals surface area contributed by atoms with Crippen molar-refractivity contribution in [2.24, 2.45) is 5.10 Å². The number of carbonyl (C=O) groups is 1. The number of aryl methyl sites for hydroxylation is 2. The summed E-state index contributed by atoms with van der Waals surface area (Å²) < 4.78 is 14.2. The van der Waals surface area contributed by atoms with Gasteiger partial charge in [0.2, 0.25) is 0 Å². The van der Waals surface area contributed by atoms with Crippen LogP contribution in [0.15, 0.2) is 71.8 Å². The second-order valence-electron chi connectivity index (χ2n) is 9.57. The van der Waals surface area contributed by atoms with Crippen LogP contribution in [0.4, 0.5) is 10.1 Å². The minimum absolute atomic E-state index is 0.0341. The average molecular weight is 505 g/mol. The van der Waals surface area contributed by atoms with E-state index in [-0.39, 0.29) is 24.3 Å². The highest BCUT2D eigenvalue weighted by molar-refractivity contribution is 6.30. The number of halogens is 2. The van der Waals surface area contributed by atoms with Gasteiger partial charge >= 0.3 is 0 Å². The van der Waals surface area contributed by atoms with E-state index in [2.05, 4.69) is 36.9 Å². The molecule has 3 aromatic rings. The average Bonchev–Trinajstić information content (AvgIpc) is 3.33. The molecule has 2 heterocycles. The molecule has 0 N–H and O–H groups in total. The van der Waals surface area contributed by atoms with Crippen molar-refractivity contribution in [3.63, 3.8) is 0 Å². The monoisotopic (exact) mass is 504 g/mol. The lowest BCUT2D eigenvalue weighted by Gasteiger charge is -2.36. The molecule has 2 aliphatic heterocycles. The highest BCUT2D eigenvalue weighted by Gasteiger charge is 2.34. The summed E-state index contributed by atoms with van der Waals surface area (Å²) in [5, 5.41) is 7.14. The van der Waals surface area contributed by atoms with E-state index in [1.807, 2.05) is 35.2 Å². The van der Waals surface area contributed by atoms with Gasteiger partial charge in [0.1, 0.15) is 5.82 Å². The normalized spacial score (nSPS) is 18.4. The molecule has 1 fully saturated rings. The summed E-state index contributed by atoms with van der Waals surface area (Å²) in [4.78, 5) is 17.7. The van der Waals surface area contributed by atoms with Crippen LogP contribution in [0, 0.1) is 19.7 Å². The van der Waals surface area contributed by atoms with Crippen LogP contribution >= 0.6 is 11.6 Å². The van der Waals surface area contributed by atoms with Crippen molar-refractivity contribution in [2.75, 3.05) is 37.6 Å². The molecule has 5 rings (SSSR count). The Labute approximate surface area is 216 Å². The fraction of sp³-hybridized carbons (Fsp3) is 0.310. The molecule has 36 heavy (non-hydrogen) atoms. The third-order valence-corrected chi connectivity index (χ3v) is 7.44. The number of piperazine rings is 1. The van der Waals surface area contributed by atoms with Crippen molar-refractivity contribution in [3.05, 3.63) is 99.8 Å². The van der Waals surface area contributed by atoms with Gasteiger partial charge in [0.05, 0.1) is 24.0 Å². The zero-order valence-corrected chi connectivity index (χ0v) is 21.4. The third kappa shape index (κ3) is 5.15. The maximum absolute atomic E-state index is 14.2. The number of amides is 1. The van der Waals surface area contributed by atoms with E-state index in [1.54, 1.807) is 17.1 Å². The Morgan fingerprint density at radius 2 is 1.69 bits per heavy atom. The van der Waals surface area contributed by atoms with E-state index < -0.39 is 0 Å². The van der Waals surface area contributed by atoms with Gasteiger partial charge in [-0.1, -0.05) is 48.0 Å². The van der Waals surface area contributed by atoms with E-state index in [9.17, 15) is 9.18 Å². The molecule has 0 bridgehead atoms. The van der Waals surface area contributed by atoms with Gasteiger partial charge in [-0.2, -0.15) is 5.10 Å². The zero-order valence-electron chi connectivity index (χ0n) is 20.6. The van der Waals surface area contributed by atoms with Crippen molar-refractivity contribution < 1.29 is 9.18 Å². The third-order valence-electron chi connectivity index (χ3n) is 7.19. The van der Waals surface area contributed by atoms with Crippen LogP contribution in [0.1, 0.15) is 34.7 Å². The maximum atomic E-state index is 14.2. The summed E-state index contributed by atoms with van der Waals surface area (Å²) in [7, 11) is 0. The molecule has 0 aliphatic carbocycles. The molecule has 3 aromatic carbocycles. The van der Waals surface area contributed by atoms with E-state index in [0.717, 1.165) is 16.8 Å². The molecule has 0 saturated carbocycles. The Balaban J connectivity index is 1.32. The maximum Gasteiger partial charge on any atom is 0.257 e. The van der Waals surface area contributed by atoms with Crippen LogP contribution in [0.3, 0.4) is 0 Å². The Morgan fingerprint density at radius 3 is 2.39 bits per heavy atom. The Bertz CT molecular complexity index is 1280. The summed E-state index contributed by atoms with van der Waals surface area (Å²) in [5.74, 6) is -0.244. The Hall–Kier alpha value is -3.22. The number of carbonyl (C=O) groups excluding carboxylic acids is 1. The standard InChI is InChI=1S/C29H30ClFN4O/c1-20-7-8-23(17-21(20)2)26-18-28(22-9-11-24(30)12-10-22)35(32-26)29(36)19-33-13-15-34(16-14-33)27-6-4-3-5-25(27)31/h3-12,17,28H,13-16,18-19H2,1-2H3/t28-/m1/s1. The summed E-state index contributed by atoms with van der Waals surface area (Å²) in [6, 6.07) is 20.6. The number of rotatable bonds is 5. The van der Waals surface area contributed by atoms with Crippen LogP contribution < -0.4 is 4.90 Å². The first-order chi connectivity index (χ1) is 17.4. The van der Waals surface area contributed by atoms with E-state index in [0.29, 0.717) is 43.3 Å². The first kappa shape index (κ1) is 24.5. The van der Waals surface area contributed by atoms with Crippen molar-refractivity contribution in [2.45, 2.75) is 26.3 Å². The number of benzene rings is 3. The van der Waals surface area contributed by atoms with Crippen LogP contribution in [0.5, 0.6) is 0 Å². The molecule has 1 amide bonds. The minimum atomic E-state index is -0.210. The molecule has 0 radical (unpaired) electrons. The van der Waals surface area contributed by atoms with Crippen molar-refractivity contribution in [3.8, 4) is 0 Å². The second kappa shape index (κ2) is 10.4. The summed E-state index contributed by atoms with van der Waals surface area (Å²) in [5.41, 5.74) is 6.03. The van der Waals surface area contributed by atoms with Crippen molar-refractivity contribution in [1.82, 2.24) is 9.91 Å². The highest BCUT2D eigenvalue weighted by Crippen LogP contribution is 2.34. The van der Waals surface area contributed by atoms with Gasteiger partial charge in [-0.25, -0.2) is 9.40 Å². The number of hydrazone groups is 1. The van der Waals surface area contributed by atoms with Gasteiger partial charge in [-0.3, -0.25) is 9.69 Å². The molecular formula is C29H30ClFN4O. The van der Waals surface area contributed by atoms with Gasteiger partial charge in [-0.15, -0.1) is 0 Å². The molecule has 5 nitrogen and oxygen atoms in total. The lowest BCUT2D eigenvalue weighted by molar-refractivity contribution is -0.134. The van der Waals surface area contributed by atoms with Crippen molar-refractivity contribution >= 4 is 28.9 Å². The molecule has 186 valence electrons. The number of para-hydroxylation sites is 1. The predicted molar refractivity (Wildman–Crippen MR) is 143 cm³/mol. The predicted octanol–water partition coefficient (Wildman–Crippen LogP) is 5.60. The summed E-state index contributed by atoms with van der Waals surface area (Å²) in [6.07, 6.45) is 0.650. The number of hydrogen-bond donors (Lipinski definition) is 0. The molecule has 1 saturated heterocycles. The fourth-order valence-electron chi connectivity index (χ4n) is 4.90. The van der Waals surface area contributed by atoms with Gasteiger partial charge in [0, 0.05) is 37.6 Å². The molecule has 7 heteroatoms. The number of hydrogen-bond acceptors (Lipinski definition) is 4. The van der Waals surface area contributed by atoms with Crippen LogP contribution in [0.2, 0.25) is 5.02 Å². The first-order valence-electron chi connectivity index (χ1n) is 12.3. The first-order valence-corrected chi connectivity index (χ1v) is 12.7. The Kier molecular flexibility index (Phi) is 7.08.